The maximum Gasteiger partial charge on any atom is 0.312 e. The van der Waals surface area contributed by atoms with Crippen LogP contribution in [-0.4, -0.2) is 39.1 Å². The number of fused-ring (bicyclic) bond motifs is 1. The molecule has 3 N–H and O–H groups in total. The van der Waals surface area contributed by atoms with Gasteiger partial charge in [0.2, 0.25) is 0 Å². The van der Waals surface area contributed by atoms with Crippen molar-refractivity contribution in [3.63, 3.8) is 0 Å². The molecule has 0 radical (unpaired) electrons. The minimum atomic E-state index is -0.841. The predicted octanol–water partition coefficient (Wildman–Crippen LogP) is -0.853. The molecule has 2 heterocycles. The zero-order valence-corrected chi connectivity index (χ0v) is 8.18. The third kappa shape index (κ3) is 1.73. The van der Waals surface area contributed by atoms with Crippen LogP contribution in [0.5, 0.6) is 0 Å². The Kier molecular flexibility index (Phi) is 2.70. The molecule has 0 saturated heterocycles. The van der Waals surface area contributed by atoms with Crippen molar-refractivity contribution >= 4 is 5.97 Å². The second-order valence-corrected chi connectivity index (χ2v) is 3.52. The van der Waals surface area contributed by atoms with Crippen LogP contribution in [0.1, 0.15) is 17.2 Å². The predicted molar refractivity (Wildman–Crippen MR) is 51.4 cm³/mol. The number of carboxylic acid groups (broad SMARTS) is 1. The fourth-order valence-corrected chi connectivity index (χ4v) is 1.86. The highest BCUT2D eigenvalue weighted by Crippen LogP contribution is 2.23. The van der Waals surface area contributed by atoms with E-state index in [-0.39, 0.29) is 6.61 Å². The fourth-order valence-electron chi connectivity index (χ4n) is 1.86. The summed E-state index contributed by atoms with van der Waals surface area (Å²) in [6.07, 6.45) is 1.59. The van der Waals surface area contributed by atoms with Crippen LogP contribution in [0.4, 0.5) is 0 Å². The van der Waals surface area contributed by atoms with Gasteiger partial charge in [0.15, 0.2) is 0 Å². The summed E-state index contributed by atoms with van der Waals surface area (Å²) < 4.78 is 1.65. The van der Waals surface area contributed by atoms with Gasteiger partial charge in [-0.15, -0.1) is 0 Å². The highest BCUT2D eigenvalue weighted by Gasteiger charge is 2.28. The number of aliphatic carboxylic acids is 1. The van der Waals surface area contributed by atoms with Gasteiger partial charge in [-0.3, -0.25) is 9.48 Å². The molecular formula is C9H13N3O3. The molecule has 2 rings (SSSR count). The third-order valence-corrected chi connectivity index (χ3v) is 2.61. The fraction of sp³-hybridized carbons (Fsp3) is 0.556. The van der Waals surface area contributed by atoms with E-state index in [0.717, 1.165) is 11.3 Å². The van der Waals surface area contributed by atoms with E-state index in [1.165, 1.54) is 0 Å². The number of nitrogens with zero attached hydrogens (tertiary/aromatic N) is 2. The molecule has 0 bridgehead atoms. The van der Waals surface area contributed by atoms with Crippen LogP contribution in [0, 0.1) is 0 Å². The Morgan fingerprint density at radius 3 is 3.20 bits per heavy atom. The number of carbonyl (C=O) groups is 1. The van der Waals surface area contributed by atoms with Crippen LogP contribution < -0.4 is 5.32 Å². The van der Waals surface area contributed by atoms with Gasteiger partial charge >= 0.3 is 5.97 Å². The molecule has 1 aliphatic rings. The number of aromatic nitrogens is 2. The Morgan fingerprint density at radius 1 is 1.73 bits per heavy atom. The number of hydrogen-bond acceptors (Lipinski definition) is 4. The first-order valence-corrected chi connectivity index (χ1v) is 4.83. The molecular weight excluding hydrogens is 198 g/mol. The van der Waals surface area contributed by atoms with Gasteiger partial charge in [0.25, 0.3) is 0 Å². The maximum atomic E-state index is 11.0. The van der Waals surface area contributed by atoms with E-state index in [0.29, 0.717) is 19.6 Å². The zero-order valence-electron chi connectivity index (χ0n) is 8.18. The molecule has 0 aromatic carbocycles. The molecule has 1 aromatic heterocycles. The Bertz CT molecular complexity index is 375. The maximum absolute atomic E-state index is 11.0. The Hall–Kier alpha value is -1.40. The lowest BCUT2D eigenvalue weighted by Crippen LogP contribution is -2.33. The summed E-state index contributed by atoms with van der Waals surface area (Å²) >= 11 is 0. The molecule has 0 aliphatic carbocycles. The average Bonchev–Trinajstić information content (AvgIpc) is 2.62. The van der Waals surface area contributed by atoms with Gasteiger partial charge in [0.1, 0.15) is 0 Å². The summed E-state index contributed by atoms with van der Waals surface area (Å²) in [5, 5.41) is 24.9. The molecule has 0 amide bonds. The highest BCUT2D eigenvalue weighted by molar-refractivity contribution is 5.77. The quantitative estimate of drug-likeness (QED) is 0.606. The van der Waals surface area contributed by atoms with Crippen LogP contribution in [0.15, 0.2) is 6.20 Å². The van der Waals surface area contributed by atoms with E-state index in [9.17, 15) is 4.79 Å². The number of nitrogens with one attached hydrogen (secondary N) is 1. The molecule has 0 saturated carbocycles. The SMILES string of the molecule is O=C(O)C1CNCc2c1cnn2CCO. The topological polar surface area (TPSA) is 87.4 Å². The molecule has 1 atom stereocenters. The summed E-state index contributed by atoms with van der Waals surface area (Å²) in [5.41, 5.74) is 1.62. The van der Waals surface area contributed by atoms with Gasteiger partial charge in [-0.25, -0.2) is 0 Å². The standard InChI is InChI=1S/C9H13N3O3/c13-2-1-12-8-5-10-3-7(9(14)15)6(8)4-11-12/h4,7,10,13H,1-3,5H2,(H,14,15). The highest BCUT2D eigenvalue weighted by atomic mass is 16.4. The van der Waals surface area contributed by atoms with Gasteiger partial charge < -0.3 is 15.5 Å². The lowest BCUT2D eigenvalue weighted by atomic mass is 9.96. The van der Waals surface area contributed by atoms with Crippen molar-refractivity contribution in [3.05, 3.63) is 17.5 Å². The summed E-state index contributed by atoms with van der Waals surface area (Å²) in [6, 6.07) is 0. The molecule has 6 heteroatoms. The number of carboxylic acids is 1. The van der Waals surface area contributed by atoms with E-state index in [4.69, 9.17) is 10.2 Å². The lowest BCUT2D eigenvalue weighted by Gasteiger charge is -2.20. The van der Waals surface area contributed by atoms with E-state index < -0.39 is 11.9 Å². The second-order valence-electron chi connectivity index (χ2n) is 3.52. The zero-order chi connectivity index (χ0) is 10.8. The molecule has 82 valence electrons. The van der Waals surface area contributed by atoms with Crippen molar-refractivity contribution in [1.29, 1.82) is 0 Å². The number of hydrogen-bond donors (Lipinski definition) is 3. The van der Waals surface area contributed by atoms with Crippen molar-refractivity contribution in [2.24, 2.45) is 0 Å². The van der Waals surface area contributed by atoms with Crippen molar-refractivity contribution in [1.82, 2.24) is 15.1 Å². The number of rotatable bonds is 3. The van der Waals surface area contributed by atoms with Crippen LogP contribution in [0.3, 0.4) is 0 Å². The van der Waals surface area contributed by atoms with E-state index >= 15 is 0 Å². The van der Waals surface area contributed by atoms with Crippen LogP contribution in [0.25, 0.3) is 0 Å². The van der Waals surface area contributed by atoms with Crippen LogP contribution in [0.2, 0.25) is 0 Å². The van der Waals surface area contributed by atoms with Crippen molar-refractivity contribution in [2.45, 2.75) is 19.0 Å². The molecule has 0 fully saturated rings. The lowest BCUT2D eigenvalue weighted by molar-refractivity contribution is -0.138. The van der Waals surface area contributed by atoms with Gasteiger partial charge in [0, 0.05) is 18.7 Å². The average molecular weight is 211 g/mol. The summed E-state index contributed by atoms with van der Waals surface area (Å²) in [4.78, 5) is 11.0. The second kappa shape index (κ2) is 4.00. The van der Waals surface area contributed by atoms with Crippen molar-refractivity contribution in [3.8, 4) is 0 Å². The number of aliphatic hydroxyl groups is 1. The minimum Gasteiger partial charge on any atom is -0.481 e. The molecule has 6 nitrogen and oxygen atoms in total. The van der Waals surface area contributed by atoms with E-state index in [1.807, 2.05) is 0 Å². The number of aliphatic hydroxyl groups excluding tert-OH is 1. The monoisotopic (exact) mass is 211 g/mol. The first kappa shape index (κ1) is 10.1. The molecule has 1 aromatic rings. The van der Waals surface area contributed by atoms with Crippen LogP contribution in [-0.2, 0) is 17.9 Å². The van der Waals surface area contributed by atoms with Crippen molar-refractivity contribution < 1.29 is 15.0 Å². The summed E-state index contributed by atoms with van der Waals surface area (Å²) in [7, 11) is 0. The minimum absolute atomic E-state index is 0.00581. The molecule has 15 heavy (non-hydrogen) atoms. The van der Waals surface area contributed by atoms with Gasteiger partial charge in [-0.1, -0.05) is 0 Å². The Balaban J connectivity index is 2.33. The van der Waals surface area contributed by atoms with Gasteiger partial charge in [-0.05, 0) is 0 Å². The Labute approximate surface area is 86.5 Å². The normalized spacial score (nSPS) is 19.9. The van der Waals surface area contributed by atoms with E-state index in [1.54, 1.807) is 10.9 Å². The molecule has 0 spiro atoms. The first-order valence-electron chi connectivity index (χ1n) is 4.83. The van der Waals surface area contributed by atoms with E-state index in [2.05, 4.69) is 10.4 Å². The largest absolute Gasteiger partial charge is 0.481 e. The Morgan fingerprint density at radius 2 is 2.53 bits per heavy atom. The summed E-state index contributed by atoms with van der Waals surface area (Å²) in [5.74, 6) is -1.37. The molecule has 1 unspecified atom stereocenters. The molecule has 1 aliphatic heterocycles. The van der Waals surface area contributed by atoms with Crippen LogP contribution >= 0.6 is 0 Å². The third-order valence-electron chi connectivity index (χ3n) is 2.61. The van der Waals surface area contributed by atoms with Gasteiger partial charge in [-0.2, -0.15) is 5.10 Å². The van der Waals surface area contributed by atoms with Gasteiger partial charge in [0.05, 0.1) is 31.0 Å². The summed E-state index contributed by atoms with van der Waals surface area (Å²) in [6.45, 7) is 1.46. The van der Waals surface area contributed by atoms with Crippen molar-refractivity contribution in [2.75, 3.05) is 13.2 Å². The smallest absolute Gasteiger partial charge is 0.312 e. The first-order chi connectivity index (χ1) is 7.24.